The molecule has 4 aromatic rings. The van der Waals surface area contributed by atoms with Crippen LogP contribution in [0.15, 0.2) is 48.2 Å². The van der Waals surface area contributed by atoms with Gasteiger partial charge in [0.05, 0.1) is 16.8 Å². The minimum absolute atomic E-state index is 0.141. The summed E-state index contributed by atoms with van der Waals surface area (Å²) < 4.78 is 27.8. The summed E-state index contributed by atoms with van der Waals surface area (Å²) in [4.78, 5) is 25.3. The fourth-order valence-electron chi connectivity index (χ4n) is 2.77. The molecule has 9 heteroatoms. The van der Waals surface area contributed by atoms with Crippen molar-refractivity contribution in [2.24, 2.45) is 0 Å². The van der Waals surface area contributed by atoms with Crippen molar-refractivity contribution in [2.45, 2.75) is 13.3 Å². The molecule has 6 nitrogen and oxygen atoms in total. The maximum atomic E-state index is 13.3. The van der Waals surface area contributed by atoms with Gasteiger partial charge in [0.15, 0.2) is 10.8 Å². The molecular formula is C18H13F2N5OS. The second-order valence-electron chi connectivity index (χ2n) is 5.74. The molecule has 3 aromatic heterocycles. The lowest BCUT2D eigenvalue weighted by molar-refractivity contribution is 0.101. The Morgan fingerprint density at radius 3 is 2.78 bits per heavy atom. The van der Waals surface area contributed by atoms with E-state index in [1.54, 1.807) is 37.4 Å². The minimum Gasteiger partial charge on any atom is -0.267 e. The molecule has 1 amide bonds. The summed E-state index contributed by atoms with van der Waals surface area (Å²) in [6.07, 6.45) is 1.65. The molecule has 0 atom stereocenters. The standard InChI is InChI=1S/C18H13F2N5OS/c1-10-12(8-22-16(23-10)18-21-6-7-27-18)17(26)24-25-9-13(15(19)20)11-4-2-3-5-14(11)25/h2-9,15H,1H3,(H,24,26). The first-order chi connectivity index (χ1) is 13.0. The number of nitrogens with zero attached hydrogens (tertiary/aromatic N) is 4. The average Bonchev–Trinajstić information content (AvgIpc) is 3.30. The van der Waals surface area contributed by atoms with Crippen molar-refractivity contribution in [3.05, 3.63) is 65.1 Å². The summed E-state index contributed by atoms with van der Waals surface area (Å²) in [7, 11) is 0. The zero-order valence-electron chi connectivity index (χ0n) is 14.1. The Labute approximate surface area is 156 Å². The van der Waals surface area contributed by atoms with Crippen LogP contribution in [0.4, 0.5) is 8.78 Å². The predicted octanol–water partition coefficient (Wildman–Crippen LogP) is 4.18. The van der Waals surface area contributed by atoms with Gasteiger partial charge in [-0.15, -0.1) is 11.3 Å². The van der Waals surface area contributed by atoms with Gasteiger partial charge < -0.3 is 0 Å². The molecular weight excluding hydrogens is 372 g/mol. The summed E-state index contributed by atoms with van der Waals surface area (Å²) in [6, 6.07) is 6.65. The van der Waals surface area contributed by atoms with Gasteiger partial charge >= 0.3 is 0 Å². The SMILES string of the molecule is Cc1nc(-c2nccs2)ncc1C(=O)Nn1cc(C(F)F)c2ccccc21. The number of benzene rings is 1. The Morgan fingerprint density at radius 1 is 1.26 bits per heavy atom. The molecule has 0 saturated heterocycles. The first-order valence-corrected chi connectivity index (χ1v) is 8.85. The van der Waals surface area contributed by atoms with E-state index in [1.165, 1.54) is 28.4 Å². The number of thiazole rings is 1. The quantitative estimate of drug-likeness (QED) is 0.572. The normalized spacial score (nSPS) is 11.3. The van der Waals surface area contributed by atoms with Crippen molar-refractivity contribution < 1.29 is 13.6 Å². The van der Waals surface area contributed by atoms with Crippen LogP contribution in [-0.2, 0) is 0 Å². The molecule has 0 unspecified atom stereocenters. The van der Waals surface area contributed by atoms with Gasteiger partial charge in [-0.2, -0.15) is 0 Å². The number of hydrogen-bond acceptors (Lipinski definition) is 5. The van der Waals surface area contributed by atoms with Crippen LogP contribution in [0.2, 0.25) is 0 Å². The molecule has 1 aromatic carbocycles. The van der Waals surface area contributed by atoms with E-state index in [2.05, 4.69) is 20.4 Å². The number of fused-ring (bicyclic) bond motifs is 1. The zero-order valence-corrected chi connectivity index (χ0v) is 14.9. The number of amides is 1. The first kappa shape index (κ1) is 17.2. The van der Waals surface area contributed by atoms with Crippen LogP contribution in [0.3, 0.4) is 0 Å². The Bertz CT molecular complexity index is 1120. The highest BCUT2D eigenvalue weighted by atomic mass is 32.1. The van der Waals surface area contributed by atoms with Crippen LogP contribution < -0.4 is 5.43 Å². The highest BCUT2D eigenvalue weighted by Crippen LogP contribution is 2.29. The Morgan fingerprint density at radius 2 is 2.07 bits per heavy atom. The van der Waals surface area contributed by atoms with Gasteiger partial charge in [0.1, 0.15) is 0 Å². The van der Waals surface area contributed by atoms with Gasteiger partial charge in [0.2, 0.25) is 0 Å². The number of carbonyl (C=O) groups is 1. The molecule has 0 bridgehead atoms. The topological polar surface area (TPSA) is 72.7 Å². The number of nitrogens with one attached hydrogen (secondary N) is 1. The van der Waals surface area contributed by atoms with E-state index in [-0.39, 0.29) is 11.1 Å². The summed E-state index contributed by atoms with van der Waals surface area (Å²) in [5.41, 5.74) is 3.69. The van der Waals surface area contributed by atoms with Crippen molar-refractivity contribution in [2.75, 3.05) is 5.43 Å². The van der Waals surface area contributed by atoms with Crippen LogP contribution in [-0.4, -0.2) is 25.5 Å². The Kier molecular flexibility index (Phi) is 4.36. The van der Waals surface area contributed by atoms with Gasteiger partial charge in [-0.1, -0.05) is 18.2 Å². The molecule has 1 N–H and O–H groups in total. The van der Waals surface area contributed by atoms with E-state index in [1.807, 2.05) is 5.38 Å². The van der Waals surface area contributed by atoms with Crippen molar-refractivity contribution in [1.29, 1.82) is 0 Å². The molecule has 3 heterocycles. The van der Waals surface area contributed by atoms with E-state index < -0.39 is 12.3 Å². The maximum absolute atomic E-state index is 13.3. The fraction of sp³-hybridized carbons (Fsp3) is 0.111. The van der Waals surface area contributed by atoms with Crippen molar-refractivity contribution in [3.63, 3.8) is 0 Å². The molecule has 0 fully saturated rings. The van der Waals surface area contributed by atoms with E-state index >= 15 is 0 Å². The lowest BCUT2D eigenvalue weighted by Gasteiger charge is -2.09. The molecule has 27 heavy (non-hydrogen) atoms. The number of carbonyl (C=O) groups excluding carboxylic acids is 1. The van der Waals surface area contributed by atoms with E-state index in [0.29, 0.717) is 27.4 Å². The third-order valence-electron chi connectivity index (χ3n) is 4.05. The smallest absolute Gasteiger partial charge is 0.267 e. The van der Waals surface area contributed by atoms with Crippen LogP contribution >= 0.6 is 11.3 Å². The number of aromatic nitrogens is 4. The van der Waals surface area contributed by atoms with Gasteiger partial charge in [-0.05, 0) is 13.0 Å². The molecule has 0 spiro atoms. The largest absolute Gasteiger partial charge is 0.273 e. The lowest BCUT2D eigenvalue weighted by atomic mass is 10.2. The average molecular weight is 385 g/mol. The van der Waals surface area contributed by atoms with Gasteiger partial charge in [0, 0.05) is 34.9 Å². The number of hydrogen-bond donors (Lipinski definition) is 1. The summed E-state index contributed by atoms with van der Waals surface area (Å²) in [5.74, 6) is -0.0507. The highest BCUT2D eigenvalue weighted by molar-refractivity contribution is 7.12. The number of rotatable bonds is 4. The first-order valence-electron chi connectivity index (χ1n) is 7.97. The number of aryl methyl sites for hydroxylation is 1. The molecule has 0 aliphatic carbocycles. The van der Waals surface area contributed by atoms with Crippen LogP contribution in [0, 0.1) is 6.92 Å². The van der Waals surface area contributed by atoms with Crippen molar-refractivity contribution >= 4 is 28.1 Å². The summed E-state index contributed by atoms with van der Waals surface area (Å²) in [6.45, 7) is 1.69. The van der Waals surface area contributed by atoms with Gasteiger partial charge in [0.25, 0.3) is 12.3 Å². The van der Waals surface area contributed by atoms with Crippen molar-refractivity contribution in [1.82, 2.24) is 19.6 Å². The third kappa shape index (κ3) is 3.17. The van der Waals surface area contributed by atoms with Crippen LogP contribution in [0.1, 0.15) is 28.0 Å². The lowest BCUT2D eigenvalue weighted by Crippen LogP contribution is -2.23. The second-order valence-corrected chi connectivity index (χ2v) is 6.64. The van der Waals surface area contributed by atoms with Gasteiger partial charge in [-0.25, -0.2) is 23.7 Å². The summed E-state index contributed by atoms with van der Waals surface area (Å²) >= 11 is 1.40. The highest BCUT2D eigenvalue weighted by Gasteiger charge is 2.19. The second kappa shape index (κ2) is 6.84. The third-order valence-corrected chi connectivity index (χ3v) is 4.82. The van der Waals surface area contributed by atoms with E-state index in [4.69, 9.17) is 0 Å². The number of alkyl halides is 2. The number of para-hydroxylation sites is 1. The maximum Gasteiger partial charge on any atom is 0.273 e. The Hall–Kier alpha value is -3.20. The fourth-order valence-corrected chi connectivity index (χ4v) is 3.34. The molecule has 0 aliphatic heterocycles. The van der Waals surface area contributed by atoms with E-state index in [9.17, 15) is 13.6 Å². The Balaban J connectivity index is 1.66. The number of halogens is 2. The summed E-state index contributed by atoms with van der Waals surface area (Å²) in [5, 5.41) is 2.86. The van der Waals surface area contributed by atoms with Crippen molar-refractivity contribution in [3.8, 4) is 10.8 Å². The molecule has 4 rings (SSSR count). The van der Waals surface area contributed by atoms with Crippen LogP contribution in [0.25, 0.3) is 21.7 Å². The van der Waals surface area contributed by atoms with E-state index in [0.717, 1.165) is 0 Å². The van der Waals surface area contributed by atoms with Crippen LogP contribution in [0.5, 0.6) is 0 Å². The minimum atomic E-state index is -2.64. The predicted molar refractivity (Wildman–Crippen MR) is 98.5 cm³/mol. The molecule has 136 valence electrons. The van der Waals surface area contributed by atoms with Gasteiger partial charge in [-0.3, -0.25) is 14.9 Å². The molecule has 0 saturated carbocycles. The zero-order chi connectivity index (χ0) is 19.0. The molecule has 0 aliphatic rings. The molecule has 0 radical (unpaired) electrons. The monoisotopic (exact) mass is 385 g/mol.